The van der Waals surface area contributed by atoms with Crippen molar-refractivity contribution in [3.8, 4) is 0 Å². The highest BCUT2D eigenvalue weighted by Crippen LogP contribution is 2.24. The van der Waals surface area contributed by atoms with Gasteiger partial charge in [0.2, 0.25) is 0 Å². The second kappa shape index (κ2) is 4.04. The summed E-state index contributed by atoms with van der Waals surface area (Å²) >= 11 is 0. The summed E-state index contributed by atoms with van der Waals surface area (Å²) in [4.78, 5) is 0. The number of hydrogen-bond donors (Lipinski definition) is 3. The van der Waals surface area contributed by atoms with E-state index in [0.717, 1.165) is 0 Å². The molecule has 0 aromatic carbocycles. The fourth-order valence-corrected chi connectivity index (χ4v) is 0.855. The van der Waals surface area contributed by atoms with E-state index in [4.69, 9.17) is 10.2 Å². The van der Waals surface area contributed by atoms with Crippen molar-refractivity contribution in [1.29, 1.82) is 0 Å². The summed E-state index contributed by atoms with van der Waals surface area (Å²) in [6.07, 6.45) is 0. The molecular weight excluding hydrogens is 144 g/mol. The molecule has 0 aliphatic heterocycles. The maximum absolute atomic E-state index is 9.73. The molecule has 2 unspecified atom stereocenters. The van der Waals surface area contributed by atoms with Crippen LogP contribution in [0.2, 0.25) is 0 Å². The first kappa shape index (κ1) is 10.9. The molecule has 3 nitrogen and oxygen atoms in total. The van der Waals surface area contributed by atoms with Crippen LogP contribution in [0.15, 0.2) is 0 Å². The summed E-state index contributed by atoms with van der Waals surface area (Å²) in [5.41, 5.74) is -0.983. The molecule has 0 bridgehead atoms. The molecule has 0 spiro atoms. The van der Waals surface area contributed by atoms with E-state index in [9.17, 15) is 5.11 Å². The van der Waals surface area contributed by atoms with Crippen LogP contribution < -0.4 is 0 Å². The molecule has 0 fully saturated rings. The molecule has 68 valence electrons. The Morgan fingerprint density at radius 3 is 1.55 bits per heavy atom. The maximum atomic E-state index is 9.73. The van der Waals surface area contributed by atoms with E-state index in [1.807, 2.05) is 0 Å². The van der Waals surface area contributed by atoms with E-state index in [1.54, 1.807) is 20.8 Å². The predicted octanol–water partition coefficient (Wildman–Crippen LogP) is -0.00580. The maximum Gasteiger partial charge on any atom is 0.0714 e. The zero-order valence-electron chi connectivity index (χ0n) is 7.41. The third-order valence-corrected chi connectivity index (χ3v) is 2.54. The molecule has 0 aliphatic rings. The molecular formula is C8H18O3. The van der Waals surface area contributed by atoms with Gasteiger partial charge in [-0.25, -0.2) is 0 Å². The molecule has 0 aliphatic carbocycles. The molecule has 0 rings (SSSR count). The van der Waals surface area contributed by atoms with Crippen molar-refractivity contribution in [2.45, 2.75) is 26.4 Å². The van der Waals surface area contributed by atoms with Gasteiger partial charge in [0.25, 0.3) is 0 Å². The monoisotopic (exact) mass is 162 g/mol. The van der Waals surface area contributed by atoms with E-state index in [2.05, 4.69) is 0 Å². The number of rotatable bonds is 4. The van der Waals surface area contributed by atoms with Crippen molar-refractivity contribution in [1.82, 2.24) is 0 Å². The zero-order chi connectivity index (χ0) is 9.07. The average Bonchev–Trinajstić information content (AvgIpc) is 2.01. The van der Waals surface area contributed by atoms with Crippen molar-refractivity contribution < 1.29 is 15.3 Å². The SMILES string of the molecule is CC(CO)C(C)(O)C(C)CO. The minimum atomic E-state index is -0.983. The van der Waals surface area contributed by atoms with E-state index in [0.29, 0.717) is 0 Å². The van der Waals surface area contributed by atoms with Gasteiger partial charge in [0, 0.05) is 25.0 Å². The van der Waals surface area contributed by atoms with Crippen LogP contribution in [-0.4, -0.2) is 34.1 Å². The fourth-order valence-electron chi connectivity index (χ4n) is 0.855. The Hall–Kier alpha value is -0.120. The Morgan fingerprint density at radius 1 is 1.09 bits per heavy atom. The van der Waals surface area contributed by atoms with Gasteiger partial charge in [-0.1, -0.05) is 13.8 Å². The minimum Gasteiger partial charge on any atom is -0.396 e. The predicted molar refractivity (Wildman–Crippen MR) is 43.1 cm³/mol. The van der Waals surface area contributed by atoms with Gasteiger partial charge in [0.15, 0.2) is 0 Å². The van der Waals surface area contributed by atoms with Crippen LogP contribution in [0.3, 0.4) is 0 Å². The first-order valence-electron chi connectivity index (χ1n) is 3.90. The molecule has 11 heavy (non-hydrogen) atoms. The van der Waals surface area contributed by atoms with E-state index in [1.165, 1.54) is 0 Å². The summed E-state index contributed by atoms with van der Waals surface area (Å²) in [6, 6.07) is 0. The molecule has 2 atom stereocenters. The van der Waals surface area contributed by atoms with Crippen LogP contribution in [-0.2, 0) is 0 Å². The molecule has 0 heterocycles. The third-order valence-electron chi connectivity index (χ3n) is 2.54. The Morgan fingerprint density at radius 2 is 1.36 bits per heavy atom. The van der Waals surface area contributed by atoms with Crippen LogP contribution in [0.25, 0.3) is 0 Å². The summed E-state index contributed by atoms with van der Waals surface area (Å²) < 4.78 is 0. The van der Waals surface area contributed by atoms with Crippen LogP contribution >= 0.6 is 0 Å². The quantitative estimate of drug-likeness (QED) is 0.545. The number of aliphatic hydroxyl groups is 3. The Kier molecular flexibility index (Phi) is 4.00. The Labute approximate surface area is 67.7 Å². The highest BCUT2D eigenvalue weighted by molar-refractivity contribution is 4.83. The Balaban J connectivity index is 4.18. The van der Waals surface area contributed by atoms with Crippen molar-refractivity contribution in [3.05, 3.63) is 0 Å². The average molecular weight is 162 g/mol. The van der Waals surface area contributed by atoms with E-state index < -0.39 is 5.60 Å². The summed E-state index contributed by atoms with van der Waals surface area (Å²) in [5.74, 6) is -0.408. The molecule has 0 radical (unpaired) electrons. The topological polar surface area (TPSA) is 60.7 Å². The van der Waals surface area contributed by atoms with Crippen LogP contribution in [0, 0.1) is 11.8 Å². The molecule has 0 saturated heterocycles. The largest absolute Gasteiger partial charge is 0.396 e. The van der Waals surface area contributed by atoms with Crippen LogP contribution in [0.4, 0.5) is 0 Å². The van der Waals surface area contributed by atoms with Crippen LogP contribution in [0.1, 0.15) is 20.8 Å². The van der Waals surface area contributed by atoms with Gasteiger partial charge in [-0.3, -0.25) is 0 Å². The first-order chi connectivity index (χ1) is 4.96. The standard InChI is InChI=1S/C8H18O3/c1-6(4-9)8(3,11)7(2)5-10/h6-7,9-11H,4-5H2,1-3H3. The molecule has 0 amide bonds. The van der Waals surface area contributed by atoms with Gasteiger partial charge in [0.1, 0.15) is 0 Å². The van der Waals surface area contributed by atoms with Crippen molar-refractivity contribution >= 4 is 0 Å². The highest BCUT2D eigenvalue weighted by atomic mass is 16.3. The van der Waals surface area contributed by atoms with Gasteiger partial charge >= 0.3 is 0 Å². The van der Waals surface area contributed by atoms with Crippen molar-refractivity contribution in [2.75, 3.05) is 13.2 Å². The van der Waals surface area contributed by atoms with Crippen molar-refractivity contribution in [2.24, 2.45) is 11.8 Å². The summed E-state index contributed by atoms with van der Waals surface area (Å²) in [6.45, 7) is 5.03. The smallest absolute Gasteiger partial charge is 0.0714 e. The van der Waals surface area contributed by atoms with Gasteiger partial charge < -0.3 is 15.3 Å². The van der Waals surface area contributed by atoms with Gasteiger partial charge in [0.05, 0.1) is 5.60 Å². The van der Waals surface area contributed by atoms with Gasteiger partial charge in [-0.2, -0.15) is 0 Å². The van der Waals surface area contributed by atoms with Crippen molar-refractivity contribution in [3.63, 3.8) is 0 Å². The van der Waals surface area contributed by atoms with E-state index >= 15 is 0 Å². The molecule has 0 saturated carbocycles. The zero-order valence-corrected chi connectivity index (χ0v) is 7.41. The van der Waals surface area contributed by atoms with Crippen LogP contribution in [0.5, 0.6) is 0 Å². The fraction of sp³-hybridized carbons (Fsp3) is 1.00. The molecule has 0 aromatic rings. The summed E-state index contributed by atoms with van der Waals surface area (Å²) in [5, 5.41) is 27.3. The lowest BCUT2D eigenvalue weighted by molar-refractivity contribution is -0.0725. The number of hydrogen-bond acceptors (Lipinski definition) is 3. The molecule has 0 aromatic heterocycles. The van der Waals surface area contributed by atoms with Gasteiger partial charge in [-0.15, -0.1) is 0 Å². The normalized spacial score (nSPS) is 22.4. The lowest BCUT2D eigenvalue weighted by Crippen LogP contribution is -2.42. The lowest BCUT2D eigenvalue weighted by Gasteiger charge is -2.33. The molecule has 3 N–H and O–H groups in total. The van der Waals surface area contributed by atoms with E-state index in [-0.39, 0.29) is 25.0 Å². The summed E-state index contributed by atoms with van der Waals surface area (Å²) in [7, 11) is 0. The molecule has 3 heteroatoms. The third kappa shape index (κ3) is 2.43. The highest BCUT2D eigenvalue weighted by Gasteiger charge is 2.33. The first-order valence-corrected chi connectivity index (χ1v) is 3.90. The second-order valence-corrected chi connectivity index (χ2v) is 3.39. The Bertz CT molecular complexity index is 99.9. The van der Waals surface area contributed by atoms with Gasteiger partial charge in [-0.05, 0) is 6.92 Å². The lowest BCUT2D eigenvalue weighted by atomic mass is 9.81. The minimum absolute atomic E-state index is 0.0582. The second-order valence-electron chi connectivity index (χ2n) is 3.39. The number of aliphatic hydroxyl groups excluding tert-OH is 2.